The monoisotopic (exact) mass is 218 g/mol. The predicted octanol–water partition coefficient (Wildman–Crippen LogP) is 0.752. The van der Waals surface area contributed by atoms with Crippen LogP contribution in [0.4, 0.5) is 0 Å². The molecule has 0 unspecified atom stereocenters. The second-order valence-electron chi connectivity index (χ2n) is 4.86. The molecule has 5 heteroatoms. The van der Waals surface area contributed by atoms with Crippen LogP contribution >= 0.6 is 0 Å². The van der Waals surface area contributed by atoms with E-state index in [1.807, 2.05) is 0 Å². The summed E-state index contributed by atoms with van der Waals surface area (Å²) in [5, 5.41) is 19.2. The topological polar surface area (TPSA) is 76.0 Å². The number of aliphatic carboxylic acids is 1. The summed E-state index contributed by atoms with van der Waals surface area (Å²) in [7, 11) is 0. The van der Waals surface area contributed by atoms with Crippen LogP contribution in [0.15, 0.2) is 0 Å². The molecule has 0 aromatic carbocycles. The molecule has 0 bridgehead atoms. The Morgan fingerprint density at radius 3 is 2.00 bits per heavy atom. The van der Waals surface area contributed by atoms with E-state index in [1.54, 1.807) is 20.8 Å². The Hall–Kier alpha value is -0.650. The van der Waals surface area contributed by atoms with E-state index in [2.05, 4.69) is 0 Å². The highest BCUT2D eigenvalue weighted by Crippen LogP contribution is 2.43. The minimum absolute atomic E-state index is 0.718. The Morgan fingerprint density at radius 1 is 1.40 bits per heavy atom. The molecule has 0 aromatic rings. The molecular weight excluding hydrogens is 200 g/mol. The van der Waals surface area contributed by atoms with E-state index in [0.717, 1.165) is 0 Å². The minimum atomic E-state index is -1.73. The largest absolute Gasteiger partial charge is 0.479 e. The summed E-state index contributed by atoms with van der Waals surface area (Å²) >= 11 is 0. The third-order valence-electron chi connectivity index (χ3n) is 2.67. The third kappa shape index (κ3) is 1.75. The molecule has 1 rings (SSSR count). The molecule has 0 saturated carbocycles. The van der Waals surface area contributed by atoms with Crippen LogP contribution in [0.25, 0.3) is 0 Å². The fraction of sp³-hybridized carbons (Fsp3) is 0.900. The van der Waals surface area contributed by atoms with Gasteiger partial charge in [0, 0.05) is 0 Å². The first kappa shape index (κ1) is 12.4. The quantitative estimate of drug-likeness (QED) is 0.715. The van der Waals surface area contributed by atoms with Crippen molar-refractivity contribution in [2.75, 3.05) is 0 Å². The van der Waals surface area contributed by atoms with Gasteiger partial charge >= 0.3 is 5.97 Å². The van der Waals surface area contributed by atoms with Crippen LogP contribution in [0.3, 0.4) is 0 Å². The number of carboxylic acids is 1. The summed E-state index contributed by atoms with van der Waals surface area (Å²) in [4.78, 5) is 11.3. The first-order valence-electron chi connectivity index (χ1n) is 4.87. The van der Waals surface area contributed by atoms with E-state index in [9.17, 15) is 15.0 Å². The molecule has 0 spiro atoms. The minimum Gasteiger partial charge on any atom is -0.479 e. The van der Waals surface area contributed by atoms with E-state index in [1.165, 1.54) is 13.8 Å². The number of hydrogen-bond donors (Lipinski definition) is 2. The van der Waals surface area contributed by atoms with Crippen molar-refractivity contribution in [2.24, 2.45) is 0 Å². The standard InChI is InChI=1S/C10H18O5/c1-6-10(7(11)12,8(2,3)13)15-9(4,5)14-6/h6,13H,1-5H3,(H,11,12)/t6-,10-/m1/s1. The lowest BCUT2D eigenvalue weighted by atomic mass is 9.81. The van der Waals surface area contributed by atoms with E-state index in [-0.39, 0.29) is 0 Å². The van der Waals surface area contributed by atoms with Crippen molar-refractivity contribution >= 4 is 5.97 Å². The Bertz CT molecular complexity index is 278. The first-order chi connectivity index (χ1) is 6.53. The number of carboxylic acid groups (broad SMARTS) is 1. The van der Waals surface area contributed by atoms with Gasteiger partial charge in [-0.25, -0.2) is 4.79 Å². The van der Waals surface area contributed by atoms with Crippen molar-refractivity contribution in [1.82, 2.24) is 0 Å². The normalized spacial score (nSPS) is 35.5. The maximum absolute atomic E-state index is 11.3. The van der Waals surface area contributed by atoms with E-state index < -0.39 is 29.1 Å². The number of rotatable bonds is 2. The fourth-order valence-corrected chi connectivity index (χ4v) is 2.10. The van der Waals surface area contributed by atoms with E-state index in [4.69, 9.17) is 9.47 Å². The molecule has 1 heterocycles. The number of ether oxygens (including phenoxy) is 2. The van der Waals surface area contributed by atoms with Gasteiger partial charge in [-0.15, -0.1) is 0 Å². The lowest BCUT2D eigenvalue weighted by molar-refractivity contribution is -0.218. The van der Waals surface area contributed by atoms with Crippen LogP contribution in [0, 0.1) is 0 Å². The van der Waals surface area contributed by atoms with Crippen LogP contribution in [-0.2, 0) is 14.3 Å². The fourth-order valence-electron chi connectivity index (χ4n) is 2.10. The third-order valence-corrected chi connectivity index (χ3v) is 2.67. The van der Waals surface area contributed by atoms with Gasteiger partial charge in [0.25, 0.3) is 0 Å². The summed E-state index contributed by atoms with van der Waals surface area (Å²) in [6.45, 7) is 7.64. The number of carbonyl (C=O) groups is 1. The molecular formula is C10H18O5. The maximum Gasteiger partial charge on any atom is 0.341 e. The molecule has 2 N–H and O–H groups in total. The zero-order valence-corrected chi connectivity index (χ0v) is 9.70. The zero-order valence-electron chi connectivity index (χ0n) is 9.70. The van der Waals surface area contributed by atoms with Gasteiger partial charge in [-0.05, 0) is 34.6 Å². The molecule has 1 fully saturated rings. The summed E-state index contributed by atoms with van der Waals surface area (Å²) < 4.78 is 10.8. The second-order valence-corrected chi connectivity index (χ2v) is 4.86. The summed E-state index contributed by atoms with van der Waals surface area (Å²) in [5.41, 5.74) is -3.25. The van der Waals surface area contributed by atoms with Gasteiger partial charge in [0.2, 0.25) is 5.60 Å². The molecule has 1 aliphatic rings. The van der Waals surface area contributed by atoms with E-state index in [0.29, 0.717) is 0 Å². The highest BCUT2D eigenvalue weighted by atomic mass is 16.8. The van der Waals surface area contributed by atoms with Crippen LogP contribution < -0.4 is 0 Å². The lowest BCUT2D eigenvalue weighted by Gasteiger charge is -2.37. The van der Waals surface area contributed by atoms with Crippen LogP contribution in [0.5, 0.6) is 0 Å². The van der Waals surface area contributed by atoms with Crippen LogP contribution in [0.1, 0.15) is 34.6 Å². The number of hydrogen-bond acceptors (Lipinski definition) is 4. The molecule has 0 aromatic heterocycles. The summed E-state index contributed by atoms with van der Waals surface area (Å²) in [6, 6.07) is 0. The van der Waals surface area contributed by atoms with Gasteiger partial charge in [0.15, 0.2) is 5.79 Å². The van der Waals surface area contributed by atoms with Gasteiger partial charge in [0.05, 0.1) is 0 Å². The number of aliphatic hydroxyl groups is 1. The Morgan fingerprint density at radius 2 is 1.87 bits per heavy atom. The molecule has 15 heavy (non-hydrogen) atoms. The molecule has 5 nitrogen and oxygen atoms in total. The van der Waals surface area contributed by atoms with Crippen molar-refractivity contribution in [3.8, 4) is 0 Å². The molecule has 1 aliphatic heterocycles. The summed E-state index contributed by atoms with van der Waals surface area (Å²) in [5.74, 6) is -2.22. The highest BCUT2D eigenvalue weighted by Gasteiger charge is 2.64. The Kier molecular flexibility index (Phi) is 2.62. The van der Waals surface area contributed by atoms with Gasteiger partial charge in [0.1, 0.15) is 11.7 Å². The predicted molar refractivity (Wildman–Crippen MR) is 52.4 cm³/mol. The zero-order chi connectivity index (χ0) is 12.1. The lowest BCUT2D eigenvalue weighted by Crippen LogP contribution is -2.61. The molecule has 2 atom stereocenters. The van der Waals surface area contributed by atoms with Crippen molar-refractivity contribution in [1.29, 1.82) is 0 Å². The molecule has 0 aliphatic carbocycles. The average molecular weight is 218 g/mol. The first-order valence-corrected chi connectivity index (χ1v) is 4.87. The van der Waals surface area contributed by atoms with Gasteiger partial charge < -0.3 is 19.7 Å². The Balaban J connectivity index is 3.21. The molecule has 0 amide bonds. The van der Waals surface area contributed by atoms with Crippen molar-refractivity contribution in [2.45, 2.75) is 57.7 Å². The maximum atomic E-state index is 11.3. The SMILES string of the molecule is C[C@H]1OC(C)(C)O[C@]1(C(=O)O)C(C)(C)O. The van der Waals surface area contributed by atoms with Crippen LogP contribution in [0.2, 0.25) is 0 Å². The summed E-state index contributed by atoms with van der Waals surface area (Å²) in [6.07, 6.45) is -0.718. The average Bonchev–Trinajstić information content (AvgIpc) is 2.19. The second kappa shape index (κ2) is 3.17. The van der Waals surface area contributed by atoms with Gasteiger partial charge in [-0.3, -0.25) is 0 Å². The molecule has 1 saturated heterocycles. The van der Waals surface area contributed by atoms with Crippen molar-refractivity contribution in [3.63, 3.8) is 0 Å². The van der Waals surface area contributed by atoms with Gasteiger partial charge in [-0.2, -0.15) is 0 Å². The smallest absolute Gasteiger partial charge is 0.341 e. The molecule has 0 radical (unpaired) electrons. The van der Waals surface area contributed by atoms with Gasteiger partial charge in [-0.1, -0.05) is 0 Å². The molecule has 88 valence electrons. The van der Waals surface area contributed by atoms with Crippen molar-refractivity contribution in [3.05, 3.63) is 0 Å². The van der Waals surface area contributed by atoms with Crippen LogP contribution in [-0.4, -0.2) is 39.3 Å². The van der Waals surface area contributed by atoms with Crippen molar-refractivity contribution < 1.29 is 24.5 Å². The van der Waals surface area contributed by atoms with E-state index >= 15 is 0 Å². The highest BCUT2D eigenvalue weighted by molar-refractivity contribution is 5.80. The Labute approximate surface area is 89.0 Å².